The van der Waals surface area contributed by atoms with E-state index in [-0.39, 0.29) is 11.9 Å². The third kappa shape index (κ3) is 3.57. The van der Waals surface area contributed by atoms with E-state index >= 15 is 0 Å². The van der Waals surface area contributed by atoms with Crippen LogP contribution in [0.5, 0.6) is 0 Å². The van der Waals surface area contributed by atoms with Gasteiger partial charge in [0.15, 0.2) is 5.82 Å². The maximum absolute atomic E-state index is 11.9. The molecule has 19 heavy (non-hydrogen) atoms. The van der Waals surface area contributed by atoms with E-state index in [1.54, 1.807) is 10.9 Å². The van der Waals surface area contributed by atoms with E-state index in [0.29, 0.717) is 6.42 Å². The van der Waals surface area contributed by atoms with Crippen LogP contribution in [0.2, 0.25) is 0 Å². The summed E-state index contributed by atoms with van der Waals surface area (Å²) in [4.78, 5) is 12.8. The van der Waals surface area contributed by atoms with Crippen molar-refractivity contribution in [1.82, 2.24) is 20.1 Å². The number of nitrogens with zero attached hydrogens (tertiary/aromatic N) is 3. The summed E-state index contributed by atoms with van der Waals surface area (Å²) in [6.07, 6.45) is 1.96. The Kier molecular flexibility index (Phi) is 4.21. The number of carbonyl (C=O) groups excluding carboxylic acids is 1. The number of benzene rings is 1. The first-order valence-electron chi connectivity index (χ1n) is 5.97. The van der Waals surface area contributed by atoms with E-state index in [1.165, 1.54) is 0 Å². The Balaban J connectivity index is 1.94. The number of amides is 1. The molecule has 5 nitrogen and oxygen atoms in total. The van der Waals surface area contributed by atoms with Crippen LogP contribution in [0, 0.1) is 0 Å². The highest BCUT2D eigenvalue weighted by Gasteiger charge is 2.14. The number of carbonyl (C=O) groups is 1. The average Bonchev–Trinajstić information content (AvgIpc) is 2.78. The molecule has 0 aliphatic rings. The molecule has 2 aromatic rings. The molecule has 1 aromatic heterocycles. The first-order chi connectivity index (χ1) is 9.06. The summed E-state index contributed by atoms with van der Waals surface area (Å²) in [6, 6.07) is 7.38. The van der Waals surface area contributed by atoms with Crippen molar-refractivity contribution >= 4 is 18.5 Å². The lowest BCUT2D eigenvalue weighted by Gasteiger charge is -2.13. The van der Waals surface area contributed by atoms with Crippen LogP contribution < -0.4 is 5.32 Å². The van der Waals surface area contributed by atoms with E-state index in [1.807, 2.05) is 38.2 Å². The molecule has 1 N–H and O–H groups in total. The van der Waals surface area contributed by atoms with Crippen LogP contribution in [-0.2, 0) is 18.3 Å². The minimum Gasteiger partial charge on any atom is -0.346 e. The van der Waals surface area contributed by atoms with Crippen molar-refractivity contribution in [1.29, 1.82) is 0 Å². The summed E-state index contributed by atoms with van der Waals surface area (Å²) in [5.74, 6) is 0.696. The van der Waals surface area contributed by atoms with Gasteiger partial charge in [0.05, 0.1) is 12.5 Å². The predicted molar refractivity (Wildman–Crippen MR) is 75.0 cm³/mol. The minimum atomic E-state index is -0.163. The highest BCUT2D eigenvalue weighted by molar-refractivity contribution is 7.80. The zero-order valence-corrected chi connectivity index (χ0v) is 11.8. The fourth-order valence-electron chi connectivity index (χ4n) is 1.84. The number of aromatic nitrogens is 3. The second-order valence-electron chi connectivity index (χ2n) is 4.43. The molecule has 1 amide bonds. The number of rotatable bonds is 4. The van der Waals surface area contributed by atoms with Gasteiger partial charge >= 0.3 is 0 Å². The summed E-state index contributed by atoms with van der Waals surface area (Å²) in [6.45, 7) is 1.89. The monoisotopic (exact) mass is 276 g/mol. The summed E-state index contributed by atoms with van der Waals surface area (Å²) in [7, 11) is 1.85. The van der Waals surface area contributed by atoms with Crippen molar-refractivity contribution in [2.24, 2.45) is 7.05 Å². The van der Waals surface area contributed by atoms with Crippen LogP contribution in [0.15, 0.2) is 35.5 Å². The van der Waals surface area contributed by atoms with E-state index in [4.69, 9.17) is 0 Å². The zero-order valence-electron chi connectivity index (χ0n) is 10.9. The molecule has 0 bridgehead atoms. The molecular weight excluding hydrogens is 260 g/mol. The predicted octanol–water partition coefficient (Wildman–Crippen LogP) is 1.52. The molecule has 100 valence electrons. The summed E-state index contributed by atoms with van der Waals surface area (Å²) in [5, 5.41) is 10.7. The molecule has 2 rings (SSSR count). The van der Waals surface area contributed by atoms with E-state index in [9.17, 15) is 4.79 Å². The number of hydrogen-bond acceptors (Lipinski definition) is 4. The molecule has 0 fully saturated rings. The highest BCUT2D eigenvalue weighted by atomic mass is 32.1. The number of hydrogen-bond donors (Lipinski definition) is 2. The van der Waals surface area contributed by atoms with E-state index in [0.717, 1.165) is 16.3 Å². The van der Waals surface area contributed by atoms with Crippen LogP contribution in [0.3, 0.4) is 0 Å². The van der Waals surface area contributed by atoms with Gasteiger partial charge in [0, 0.05) is 11.9 Å². The van der Waals surface area contributed by atoms with Crippen molar-refractivity contribution in [3.05, 3.63) is 42.0 Å². The van der Waals surface area contributed by atoms with E-state index in [2.05, 4.69) is 28.1 Å². The van der Waals surface area contributed by atoms with Gasteiger partial charge in [-0.2, -0.15) is 0 Å². The Labute approximate surface area is 117 Å². The fraction of sp³-hybridized carbons (Fsp3) is 0.308. The van der Waals surface area contributed by atoms with Crippen LogP contribution in [0.1, 0.15) is 24.4 Å². The molecule has 0 spiro atoms. The molecule has 0 aliphatic carbocycles. The molecule has 1 aromatic carbocycles. The highest BCUT2D eigenvalue weighted by Crippen LogP contribution is 2.10. The van der Waals surface area contributed by atoms with Gasteiger partial charge in [-0.25, -0.2) is 0 Å². The van der Waals surface area contributed by atoms with Crippen molar-refractivity contribution in [2.45, 2.75) is 24.3 Å². The number of thiol groups is 1. The van der Waals surface area contributed by atoms with Gasteiger partial charge in [-0.1, -0.05) is 12.1 Å². The minimum absolute atomic E-state index is 0.0394. The molecular formula is C13H16N4OS. The first kappa shape index (κ1) is 13.6. The van der Waals surface area contributed by atoms with Crippen molar-refractivity contribution < 1.29 is 4.79 Å². The Morgan fingerprint density at radius 3 is 2.68 bits per heavy atom. The van der Waals surface area contributed by atoms with Gasteiger partial charge in [-0.05, 0) is 24.6 Å². The van der Waals surface area contributed by atoms with Gasteiger partial charge < -0.3 is 9.88 Å². The van der Waals surface area contributed by atoms with E-state index < -0.39 is 0 Å². The standard InChI is InChI=1S/C13H16N4OS/c1-9(13-16-14-8-17(13)2)15-12(18)7-10-3-5-11(19)6-4-10/h3-6,8-9,19H,7H2,1-2H3,(H,15,18). The van der Waals surface area contributed by atoms with Crippen molar-refractivity contribution in [2.75, 3.05) is 0 Å². The number of aryl methyl sites for hydroxylation is 1. The molecule has 0 saturated heterocycles. The molecule has 1 unspecified atom stereocenters. The van der Waals surface area contributed by atoms with Crippen LogP contribution in [-0.4, -0.2) is 20.7 Å². The Bertz CT molecular complexity index is 564. The second kappa shape index (κ2) is 5.88. The van der Waals surface area contributed by atoms with Gasteiger partial charge in [0.2, 0.25) is 5.91 Å². The maximum Gasteiger partial charge on any atom is 0.224 e. The molecule has 1 atom stereocenters. The van der Waals surface area contributed by atoms with Crippen LogP contribution in [0.4, 0.5) is 0 Å². The lowest BCUT2D eigenvalue weighted by Crippen LogP contribution is -2.29. The molecule has 6 heteroatoms. The van der Waals surface area contributed by atoms with Gasteiger partial charge in [0.25, 0.3) is 0 Å². The Morgan fingerprint density at radius 2 is 2.11 bits per heavy atom. The number of nitrogens with one attached hydrogen (secondary N) is 1. The van der Waals surface area contributed by atoms with Gasteiger partial charge in [0.1, 0.15) is 6.33 Å². The van der Waals surface area contributed by atoms with Crippen molar-refractivity contribution in [3.63, 3.8) is 0 Å². The van der Waals surface area contributed by atoms with Gasteiger partial charge in [-0.15, -0.1) is 22.8 Å². The molecule has 0 saturated carbocycles. The third-order valence-corrected chi connectivity index (χ3v) is 3.11. The quantitative estimate of drug-likeness (QED) is 0.832. The maximum atomic E-state index is 11.9. The zero-order chi connectivity index (χ0) is 13.8. The smallest absolute Gasteiger partial charge is 0.224 e. The molecule has 0 radical (unpaired) electrons. The largest absolute Gasteiger partial charge is 0.346 e. The summed E-state index contributed by atoms with van der Waals surface area (Å²) < 4.78 is 1.79. The Morgan fingerprint density at radius 1 is 1.42 bits per heavy atom. The normalized spacial score (nSPS) is 12.2. The van der Waals surface area contributed by atoms with Crippen molar-refractivity contribution in [3.8, 4) is 0 Å². The Hall–Kier alpha value is -1.82. The fourth-order valence-corrected chi connectivity index (χ4v) is 1.99. The first-order valence-corrected chi connectivity index (χ1v) is 6.42. The molecule has 1 heterocycles. The third-order valence-electron chi connectivity index (χ3n) is 2.81. The topological polar surface area (TPSA) is 59.8 Å². The summed E-state index contributed by atoms with van der Waals surface area (Å²) in [5.41, 5.74) is 0.959. The van der Waals surface area contributed by atoms with Crippen LogP contribution in [0.25, 0.3) is 0 Å². The SMILES string of the molecule is CC(NC(=O)Cc1ccc(S)cc1)c1nncn1C. The second-order valence-corrected chi connectivity index (χ2v) is 4.95. The van der Waals surface area contributed by atoms with Gasteiger partial charge in [-0.3, -0.25) is 4.79 Å². The lowest BCUT2D eigenvalue weighted by molar-refractivity contribution is -0.121. The summed E-state index contributed by atoms with van der Waals surface area (Å²) >= 11 is 4.21. The lowest BCUT2D eigenvalue weighted by atomic mass is 10.1. The average molecular weight is 276 g/mol. The molecule has 0 aliphatic heterocycles. The van der Waals surface area contributed by atoms with Crippen LogP contribution >= 0.6 is 12.6 Å².